The monoisotopic (exact) mass is 310 g/mol. The van der Waals surface area contributed by atoms with Gasteiger partial charge in [0.1, 0.15) is 0 Å². The molecule has 0 spiro atoms. The van der Waals surface area contributed by atoms with E-state index in [0.29, 0.717) is 0 Å². The van der Waals surface area contributed by atoms with Crippen molar-refractivity contribution in [3.05, 3.63) is 43.8 Å². The Morgan fingerprint density at radius 1 is 1.24 bits per heavy atom. The van der Waals surface area contributed by atoms with E-state index in [2.05, 4.69) is 57.6 Å². The maximum Gasteiger partial charge on any atom is 0.0898 e. The topological polar surface area (TPSA) is 24.9 Å². The predicted molar refractivity (Wildman–Crippen MR) is 77.8 cm³/mol. The van der Waals surface area contributed by atoms with Crippen LogP contribution in [0.15, 0.2) is 22.0 Å². The van der Waals surface area contributed by atoms with Gasteiger partial charge in [0.2, 0.25) is 0 Å². The zero-order valence-electron chi connectivity index (χ0n) is 10.2. The number of hydrogen-bond donors (Lipinski definition) is 1. The Morgan fingerprint density at radius 3 is 2.41 bits per heavy atom. The lowest BCUT2D eigenvalue weighted by Gasteiger charge is -2.09. The number of benzene rings is 1. The highest BCUT2D eigenvalue weighted by Crippen LogP contribution is 2.25. The van der Waals surface area contributed by atoms with Crippen LogP contribution in [0.25, 0.3) is 0 Å². The van der Waals surface area contributed by atoms with Crippen LogP contribution < -0.4 is 5.32 Å². The average Bonchev–Trinajstić information content (AvgIpc) is 2.69. The van der Waals surface area contributed by atoms with Crippen molar-refractivity contribution in [2.45, 2.75) is 27.3 Å². The molecule has 0 amide bonds. The van der Waals surface area contributed by atoms with Crippen molar-refractivity contribution in [1.82, 2.24) is 4.98 Å². The zero-order chi connectivity index (χ0) is 12.4. The lowest BCUT2D eigenvalue weighted by Crippen LogP contribution is -2.00. The fraction of sp³-hybridized carbons (Fsp3) is 0.308. The van der Waals surface area contributed by atoms with Crippen LogP contribution in [-0.2, 0) is 6.54 Å². The molecule has 0 aliphatic carbocycles. The third-order valence-electron chi connectivity index (χ3n) is 2.58. The average molecular weight is 311 g/mol. The number of nitrogens with one attached hydrogen (secondary N) is 1. The molecule has 1 N–H and O–H groups in total. The largest absolute Gasteiger partial charge is 0.379 e. The van der Waals surface area contributed by atoms with E-state index in [9.17, 15) is 0 Å². The molecule has 0 aliphatic rings. The molecule has 17 heavy (non-hydrogen) atoms. The Kier molecular flexibility index (Phi) is 3.84. The molecule has 1 aromatic carbocycles. The van der Waals surface area contributed by atoms with Crippen molar-refractivity contribution in [2.24, 2.45) is 0 Å². The van der Waals surface area contributed by atoms with E-state index in [1.165, 1.54) is 15.6 Å². The number of aromatic nitrogens is 1. The molecule has 0 atom stereocenters. The molecule has 2 rings (SSSR count). The van der Waals surface area contributed by atoms with E-state index < -0.39 is 0 Å². The second-order valence-corrected chi connectivity index (χ2v) is 5.99. The molecular weight excluding hydrogens is 296 g/mol. The number of rotatable bonds is 3. The van der Waals surface area contributed by atoms with Gasteiger partial charge in [0.15, 0.2) is 0 Å². The summed E-state index contributed by atoms with van der Waals surface area (Å²) in [6, 6.07) is 4.30. The SMILES string of the molecule is Cc1nc(CNc2cc(C)c(Br)c(C)c2)cs1. The summed E-state index contributed by atoms with van der Waals surface area (Å²) in [5, 5.41) is 6.62. The zero-order valence-corrected chi connectivity index (χ0v) is 12.6. The first-order valence-electron chi connectivity index (χ1n) is 5.48. The maximum absolute atomic E-state index is 4.43. The highest BCUT2D eigenvalue weighted by Gasteiger charge is 2.03. The van der Waals surface area contributed by atoms with Crippen molar-refractivity contribution >= 4 is 33.0 Å². The summed E-state index contributed by atoms with van der Waals surface area (Å²) in [5.41, 5.74) is 4.75. The number of halogens is 1. The summed E-state index contributed by atoms with van der Waals surface area (Å²) < 4.78 is 1.19. The summed E-state index contributed by atoms with van der Waals surface area (Å²) in [4.78, 5) is 4.43. The minimum Gasteiger partial charge on any atom is -0.379 e. The summed E-state index contributed by atoms with van der Waals surface area (Å²) in [7, 11) is 0. The normalized spacial score (nSPS) is 10.6. The van der Waals surface area contributed by atoms with Crippen molar-refractivity contribution in [1.29, 1.82) is 0 Å². The number of nitrogens with zero attached hydrogens (tertiary/aromatic N) is 1. The molecule has 0 radical (unpaired) electrons. The molecular formula is C13H15BrN2S. The predicted octanol–water partition coefficient (Wildman–Crippen LogP) is 4.44. The van der Waals surface area contributed by atoms with Crippen LogP contribution in [0.2, 0.25) is 0 Å². The number of thiazole rings is 1. The van der Waals surface area contributed by atoms with Crippen LogP contribution in [0.3, 0.4) is 0 Å². The lowest BCUT2D eigenvalue weighted by atomic mass is 10.1. The fourth-order valence-electron chi connectivity index (χ4n) is 1.73. The van der Waals surface area contributed by atoms with Crippen LogP contribution in [0, 0.1) is 20.8 Å². The minimum absolute atomic E-state index is 0.783. The van der Waals surface area contributed by atoms with E-state index in [1.54, 1.807) is 11.3 Å². The molecule has 4 heteroatoms. The van der Waals surface area contributed by atoms with Gasteiger partial charge in [0, 0.05) is 15.5 Å². The Balaban J connectivity index is 2.09. The van der Waals surface area contributed by atoms with Crippen LogP contribution in [0.1, 0.15) is 21.8 Å². The quantitative estimate of drug-likeness (QED) is 0.906. The molecule has 90 valence electrons. The van der Waals surface area contributed by atoms with Crippen LogP contribution >= 0.6 is 27.3 Å². The number of aryl methyl sites for hydroxylation is 3. The van der Waals surface area contributed by atoms with Gasteiger partial charge in [-0.2, -0.15) is 0 Å². The Hall–Kier alpha value is -0.870. The van der Waals surface area contributed by atoms with Crippen LogP contribution in [0.4, 0.5) is 5.69 Å². The first kappa shape index (κ1) is 12.6. The van der Waals surface area contributed by atoms with Crippen molar-refractivity contribution in [3.63, 3.8) is 0 Å². The van der Waals surface area contributed by atoms with Crippen molar-refractivity contribution < 1.29 is 0 Å². The second kappa shape index (κ2) is 5.19. The Labute approximate surface area is 114 Å². The Morgan fingerprint density at radius 2 is 1.88 bits per heavy atom. The third-order valence-corrected chi connectivity index (χ3v) is 4.65. The smallest absolute Gasteiger partial charge is 0.0898 e. The van der Waals surface area contributed by atoms with E-state index in [0.717, 1.165) is 22.9 Å². The van der Waals surface area contributed by atoms with Gasteiger partial charge in [-0.15, -0.1) is 11.3 Å². The van der Waals surface area contributed by atoms with Gasteiger partial charge >= 0.3 is 0 Å². The highest BCUT2D eigenvalue weighted by atomic mass is 79.9. The molecule has 2 nitrogen and oxygen atoms in total. The first-order chi connectivity index (χ1) is 8.06. The van der Waals surface area contributed by atoms with E-state index in [-0.39, 0.29) is 0 Å². The van der Waals surface area contributed by atoms with Gasteiger partial charge in [-0.05, 0) is 44.0 Å². The molecule has 0 saturated carbocycles. The highest BCUT2D eigenvalue weighted by molar-refractivity contribution is 9.10. The number of hydrogen-bond acceptors (Lipinski definition) is 3. The van der Waals surface area contributed by atoms with Gasteiger partial charge in [-0.1, -0.05) is 15.9 Å². The second-order valence-electron chi connectivity index (χ2n) is 4.14. The third kappa shape index (κ3) is 3.07. The molecule has 1 aromatic heterocycles. The van der Waals surface area contributed by atoms with Gasteiger partial charge in [0.05, 0.1) is 17.2 Å². The molecule has 0 fully saturated rings. The standard InChI is InChI=1S/C13H15BrN2S/c1-8-4-11(5-9(2)13(8)14)15-6-12-7-17-10(3)16-12/h4-5,7,15H,6H2,1-3H3. The van der Waals surface area contributed by atoms with Crippen molar-refractivity contribution in [3.8, 4) is 0 Å². The number of anilines is 1. The van der Waals surface area contributed by atoms with E-state index in [4.69, 9.17) is 0 Å². The van der Waals surface area contributed by atoms with Gasteiger partial charge in [-0.25, -0.2) is 4.98 Å². The van der Waals surface area contributed by atoms with Crippen LogP contribution in [-0.4, -0.2) is 4.98 Å². The molecule has 0 unspecified atom stereocenters. The molecule has 0 aliphatic heterocycles. The summed E-state index contributed by atoms with van der Waals surface area (Å²) in [5.74, 6) is 0. The maximum atomic E-state index is 4.43. The fourth-order valence-corrected chi connectivity index (χ4v) is 2.57. The summed E-state index contributed by atoms with van der Waals surface area (Å²) >= 11 is 5.26. The first-order valence-corrected chi connectivity index (χ1v) is 7.15. The molecule has 0 bridgehead atoms. The van der Waals surface area contributed by atoms with Gasteiger partial charge < -0.3 is 5.32 Å². The van der Waals surface area contributed by atoms with Gasteiger partial charge in [0.25, 0.3) is 0 Å². The van der Waals surface area contributed by atoms with Crippen molar-refractivity contribution in [2.75, 3.05) is 5.32 Å². The van der Waals surface area contributed by atoms with E-state index in [1.807, 2.05) is 6.92 Å². The molecule has 1 heterocycles. The van der Waals surface area contributed by atoms with E-state index >= 15 is 0 Å². The summed E-state index contributed by atoms with van der Waals surface area (Å²) in [6.45, 7) is 7.03. The Bertz CT molecular complexity index is 511. The molecule has 0 saturated heterocycles. The van der Waals surface area contributed by atoms with Crippen LogP contribution in [0.5, 0.6) is 0 Å². The molecule has 2 aromatic rings. The summed E-state index contributed by atoms with van der Waals surface area (Å²) in [6.07, 6.45) is 0. The minimum atomic E-state index is 0.783. The van der Waals surface area contributed by atoms with Gasteiger partial charge in [-0.3, -0.25) is 0 Å². The lowest BCUT2D eigenvalue weighted by molar-refractivity contribution is 1.05.